The van der Waals surface area contributed by atoms with Crippen LogP contribution in [-0.4, -0.2) is 39.3 Å². The first-order valence-electron chi connectivity index (χ1n) is 6.02. The second kappa shape index (κ2) is 6.44. The normalized spacial score (nSPS) is 10.8. The maximum absolute atomic E-state index is 11.2. The Balaban J connectivity index is 2.21. The Bertz CT molecular complexity index is 536. The number of ether oxygens (including phenoxy) is 1. The summed E-state index contributed by atoms with van der Waals surface area (Å²) in [6, 6.07) is 3.73. The number of carboxylic acid groups (broad SMARTS) is 1. The summed E-state index contributed by atoms with van der Waals surface area (Å²) in [4.78, 5) is 12.0. The lowest BCUT2D eigenvalue weighted by molar-refractivity contribution is 0.0691. The molecule has 102 valence electrons. The number of carboxylic acids is 1. The number of hydrogen-bond acceptors (Lipinski definition) is 5. The molecular weight excluding hydrogens is 266 g/mol. The van der Waals surface area contributed by atoms with Gasteiger partial charge in [0, 0.05) is 6.61 Å². The molecule has 0 bridgehead atoms. The molecule has 2 aromatic heterocycles. The number of hydrogen-bond donors (Lipinski definition) is 1. The number of nitrogens with zero attached hydrogens (tertiary/aromatic N) is 3. The largest absolute Gasteiger partial charge is 0.476 e. The van der Waals surface area contributed by atoms with Gasteiger partial charge in [0.05, 0.1) is 18.0 Å². The van der Waals surface area contributed by atoms with E-state index in [0.717, 1.165) is 11.3 Å². The van der Waals surface area contributed by atoms with Crippen molar-refractivity contribution in [3.05, 3.63) is 23.2 Å². The van der Waals surface area contributed by atoms with Crippen LogP contribution < -0.4 is 0 Å². The van der Waals surface area contributed by atoms with Gasteiger partial charge in [-0.15, -0.1) is 16.4 Å². The number of aromatic carboxylic acids is 1. The Kier molecular flexibility index (Phi) is 4.64. The van der Waals surface area contributed by atoms with E-state index >= 15 is 0 Å². The van der Waals surface area contributed by atoms with Crippen molar-refractivity contribution in [2.75, 3.05) is 13.2 Å². The smallest absolute Gasteiger partial charge is 0.358 e. The van der Waals surface area contributed by atoms with Gasteiger partial charge in [-0.25, -0.2) is 9.48 Å². The predicted molar refractivity (Wildman–Crippen MR) is 71.4 cm³/mol. The number of rotatable bonds is 7. The van der Waals surface area contributed by atoms with E-state index in [4.69, 9.17) is 9.84 Å². The van der Waals surface area contributed by atoms with Crippen molar-refractivity contribution in [3.8, 4) is 10.6 Å². The molecule has 2 heterocycles. The number of aromatic nitrogens is 3. The molecule has 0 spiro atoms. The molecule has 2 aromatic rings. The molecule has 7 heteroatoms. The quantitative estimate of drug-likeness (QED) is 0.787. The Labute approximate surface area is 114 Å². The van der Waals surface area contributed by atoms with Crippen LogP contribution in [0.15, 0.2) is 17.5 Å². The molecule has 2 rings (SSSR count). The standard InChI is InChI=1S/C12H15N3O3S/c1-2-6-18-7-5-15-11(9-4-3-8-19-9)10(12(16)17)13-14-15/h3-4,8H,2,5-7H2,1H3,(H,16,17). The van der Waals surface area contributed by atoms with Gasteiger partial charge in [0.25, 0.3) is 0 Å². The topological polar surface area (TPSA) is 77.2 Å². The van der Waals surface area contributed by atoms with E-state index in [0.29, 0.717) is 25.5 Å². The molecule has 0 aliphatic rings. The van der Waals surface area contributed by atoms with Crippen molar-refractivity contribution in [2.45, 2.75) is 19.9 Å². The summed E-state index contributed by atoms with van der Waals surface area (Å²) < 4.78 is 6.98. The van der Waals surface area contributed by atoms with E-state index in [-0.39, 0.29) is 5.69 Å². The lowest BCUT2D eigenvalue weighted by atomic mass is 10.2. The fraction of sp³-hybridized carbons (Fsp3) is 0.417. The van der Waals surface area contributed by atoms with Gasteiger partial charge in [-0.05, 0) is 17.9 Å². The minimum Gasteiger partial charge on any atom is -0.476 e. The van der Waals surface area contributed by atoms with E-state index in [1.807, 2.05) is 24.4 Å². The molecule has 0 saturated heterocycles. The van der Waals surface area contributed by atoms with E-state index < -0.39 is 5.97 Å². The van der Waals surface area contributed by atoms with Gasteiger partial charge in [-0.2, -0.15) is 0 Å². The molecule has 6 nitrogen and oxygen atoms in total. The molecule has 0 amide bonds. The summed E-state index contributed by atoms with van der Waals surface area (Å²) in [5.41, 5.74) is 0.528. The van der Waals surface area contributed by atoms with Crippen molar-refractivity contribution in [3.63, 3.8) is 0 Å². The molecule has 0 atom stereocenters. The third-order valence-electron chi connectivity index (χ3n) is 2.49. The van der Waals surface area contributed by atoms with Crippen molar-refractivity contribution < 1.29 is 14.6 Å². The Morgan fingerprint density at radius 3 is 3.00 bits per heavy atom. The van der Waals surface area contributed by atoms with Crippen LogP contribution in [0.5, 0.6) is 0 Å². The Morgan fingerprint density at radius 2 is 2.37 bits per heavy atom. The molecule has 0 radical (unpaired) electrons. The second-order valence-electron chi connectivity index (χ2n) is 3.90. The molecule has 0 aliphatic carbocycles. The highest BCUT2D eigenvalue weighted by Crippen LogP contribution is 2.26. The molecule has 0 aliphatic heterocycles. The molecule has 19 heavy (non-hydrogen) atoms. The summed E-state index contributed by atoms with van der Waals surface area (Å²) in [5, 5.41) is 18.7. The summed E-state index contributed by atoms with van der Waals surface area (Å²) >= 11 is 1.47. The zero-order chi connectivity index (χ0) is 13.7. The monoisotopic (exact) mass is 281 g/mol. The summed E-state index contributed by atoms with van der Waals surface area (Å²) in [5.74, 6) is -1.07. The third-order valence-corrected chi connectivity index (χ3v) is 3.36. The Hall–Kier alpha value is -1.73. The molecule has 0 unspecified atom stereocenters. The van der Waals surface area contributed by atoms with E-state index in [2.05, 4.69) is 10.3 Å². The SMILES string of the molecule is CCCOCCn1nnc(C(=O)O)c1-c1cccs1. The maximum atomic E-state index is 11.2. The van der Waals surface area contributed by atoms with Crippen LogP contribution in [-0.2, 0) is 11.3 Å². The lowest BCUT2D eigenvalue weighted by Gasteiger charge is -2.06. The summed E-state index contributed by atoms with van der Waals surface area (Å²) in [6.07, 6.45) is 0.954. The molecule has 0 fully saturated rings. The van der Waals surface area contributed by atoms with Gasteiger partial charge in [0.2, 0.25) is 0 Å². The van der Waals surface area contributed by atoms with Gasteiger partial charge in [0.15, 0.2) is 5.69 Å². The third kappa shape index (κ3) is 3.18. The Morgan fingerprint density at radius 1 is 1.53 bits per heavy atom. The zero-order valence-electron chi connectivity index (χ0n) is 10.6. The van der Waals surface area contributed by atoms with Crippen LogP contribution in [0.3, 0.4) is 0 Å². The highest BCUT2D eigenvalue weighted by Gasteiger charge is 2.20. The van der Waals surface area contributed by atoms with Crippen LogP contribution in [0.1, 0.15) is 23.8 Å². The second-order valence-corrected chi connectivity index (χ2v) is 4.85. The first-order chi connectivity index (χ1) is 9.24. The van der Waals surface area contributed by atoms with Crippen molar-refractivity contribution in [2.24, 2.45) is 0 Å². The fourth-order valence-electron chi connectivity index (χ4n) is 1.67. The summed E-state index contributed by atoms with van der Waals surface area (Å²) in [6.45, 7) is 3.71. The van der Waals surface area contributed by atoms with Gasteiger partial charge >= 0.3 is 5.97 Å². The average molecular weight is 281 g/mol. The summed E-state index contributed by atoms with van der Waals surface area (Å²) in [7, 11) is 0. The van der Waals surface area contributed by atoms with Crippen LogP contribution in [0.25, 0.3) is 10.6 Å². The van der Waals surface area contributed by atoms with E-state index in [9.17, 15) is 4.79 Å². The average Bonchev–Trinajstić information content (AvgIpc) is 3.02. The first kappa shape index (κ1) is 13.7. The highest BCUT2D eigenvalue weighted by molar-refractivity contribution is 7.13. The van der Waals surface area contributed by atoms with Crippen LogP contribution in [0, 0.1) is 0 Å². The van der Waals surface area contributed by atoms with Gasteiger partial charge < -0.3 is 9.84 Å². The van der Waals surface area contributed by atoms with Gasteiger partial charge in [0.1, 0.15) is 5.69 Å². The van der Waals surface area contributed by atoms with Crippen molar-refractivity contribution in [1.82, 2.24) is 15.0 Å². The van der Waals surface area contributed by atoms with E-state index in [1.54, 1.807) is 4.68 Å². The van der Waals surface area contributed by atoms with E-state index in [1.165, 1.54) is 11.3 Å². The predicted octanol–water partition coefficient (Wildman–Crippen LogP) is 2.13. The van der Waals surface area contributed by atoms with Crippen LogP contribution in [0.4, 0.5) is 0 Å². The van der Waals surface area contributed by atoms with Crippen molar-refractivity contribution >= 4 is 17.3 Å². The van der Waals surface area contributed by atoms with Crippen molar-refractivity contribution in [1.29, 1.82) is 0 Å². The molecule has 0 saturated carbocycles. The van der Waals surface area contributed by atoms with Crippen LogP contribution in [0.2, 0.25) is 0 Å². The highest BCUT2D eigenvalue weighted by atomic mass is 32.1. The first-order valence-corrected chi connectivity index (χ1v) is 6.90. The van der Waals surface area contributed by atoms with Crippen LogP contribution >= 0.6 is 11.3 Å². The van der Waals surface area contributed by atoms with Gasteiger partial charge in [-0.1, -0.05) is 18.2 Å². The molecule has 0 aromatic carbocycles. The maximum Gasteiger partial charge on any atom is 0.358 e. The number of carbonyl (C=O) groups is 1. The molecular formula is C12H15N3O3S. The minimum absolute atomic E-state index is 0.0158. The zero-order valence-corrected chi connectivity index (χ0v) is 11.4. The minimum atomic E-state index is -1.07. The fourth-order valence-corrected chi connectivity index (χ4v) is 2.44. The number of thiophene rings is 1. The van der Waals surface area contributed by atoms with Gasteiger partial charge in [-0.3, -0.25) is 0 Å². The molecule has 1 N–H and O–H groups in total. The lowest BCUT2D eigenvalue weighted by Crippen LogP contribution is -2.10.